The summed E-state index contributed by atoms with van der Waals surface area (Å²) in [6.07, 6.45) is 4.97. The molecule has 1 aromatic heterocycles. The van der Waals surface area contributed by atoms with Gasteiger partial charge < -0.3 is 9.64 Å². The molecule has 1 aromatic rings. The van der Waals surface area contributed by atoms with Crippen LogP contribution in [0.5, 0.6) is 0 Å². The predicted molar refractivity (Wildman–Crippen MR) is 84.4 cm³/mol. The Bertz CT molecular complexity index is 501. The number of hydrogen-bond donors (Lipinski definition) is 0. The van der Waals surface area contributed by atoms with E-state index in [1.165, 1.54) is 0 Å². The van der Waals surface area contributed by atoms with Crippen LogP contribution in [-0.4, -0.2) is 57.1 Å². The van der Waals surface area contributed by atoms with Crippen molar-refractivity contribution in [3.05, 3.63) is 24.3 Å². The fraction of sp³-hybridized carbons (Fsp3) is 0.688. The highest BCUT2D eigenvalue weighted by Crippen LogP contribution is 2.22. The van der Waals surface area contributed by atoms with E-state index >= 15 is 0 Å². The molecule has 0 spiro atoms. The third kappa shape index (κ3) is 4.16. The number of rotatable bonds is 2. The van der Waals surface area contributed by atoms with E-state index in [0.29, 0.717) is 6.54 Å². The molecule has 6 nitrogen and oxygen atoms in total. The molecule has 0 radical (unpaired) electrons. The zero-order valence-electron chi connectivity index (χ0n) is 14.1. The summed E-state index contributed by atoms with van der Waals surface area (Å²) in [4.78, 5) is 24.9. The van der Waals surface area contributed by atoms with Crippen LogP contribution in [-0.2, 0) is 4.74 Å². The van der Waals surface area contributed by atoms with Gasteiger partial charge in [0.25, 0.3) is 0 Å². The number of amides is 1. The lowest BCUT2D eigenvalue weighted by atomic mass is 10.1. The normalized spacial score (nSPS) is 21.5. The number of ether oxygens (including phenoxy) is 1. The molecule has 1 saturated heterocycles. The van der Waals surface area contributed by atoms with Crippen LogP contribution >= 0.6 is 0 Å². The molecule has 1 amide bonds. The molecule has 0 unspecified atom stereocenters. The van der Waals surface area contributed by atoms with E-state index in [1.807, 2.05) is 25.7 Å². The van der Waals surface area contributed by atoms with Gasteiger partial charge in [-0.25, -0.2) is 4.79 Å². The van der Waals surface area contributed by atoms with Crippen LogP contribution in [0.3, 0.4) is 0 Å². The van der Waals surface area contributed by atoms with E-state index in [9.17, 15) is 4.79 Å². The minimum Gasteiger partial charge on any atom is -0.444 e. The standard InChI is InChI=1S/C16H26N4O2/c1-12-11-19(13(2)14-10-17-6-7-18-14)8-9-20(12)15(21)22-16(3,4)5/h6-7,10,12-13H,8-9,11H2,1-5H3/t12-,13+/m0/s1. The van der Waals surface area contributed by atoms with Gasteiger partial charge in [-0.1, -0.05) is 0 Å². The fourth-order valence-corrected chi connectivity index (χ4v) is 2.64. The molecule has 22 heavy (non-hydrogen) atoms. The number of aromatic nitrogens is 2. The molecule has 0 saturated carbocycles. The van der Waals surface area contributed by atoms with Crippen molar-refractivity contribution in [1.29, 1.82) is 0 Å². The number of piperazine rings is 1. The maximum absolute atomic E-state index is 12.2. The summed E-state index contributed by atoms with van der Waals surface area (Å²) < 4.78 is 5.47. The second-order valence-corrected chi connectivity index (χ2v) is 6.82. The highest BCUT2D eigenvalue weighted by atomic mass is 16.6. The van der Waals surface area contributed by atoms with Gasteiger partial charge in [0.1, 0.15) is 5.60 Å². The van der Waals surface area contributed by atoms with Crippen molar-refractivity contribution in [3.63, 3.8) is 0 Å². The van der Waals surface area contributed by atoms with Gasteiger partial charge in [0.2, 0.25) is 0 Å². The molecule has 1 aliphatic rings. The topological polar surface area (TPSA) is 58.6 Å². The Morgan fingerprint density at radius 2 is 2.09 bits per heavy atom. The largest absolute Gasteiger partial charge is 0.444 e. The average Bonchev–Trinajstić information content (AvgIpc) is 2.45. The van der Waals surface area contributed by atoms with E-state index in [-0.39, 0.29) is 18.2 Å². The van der Waals surface area contributed by atoms with Crippen molar-refractivity contribution < 1.29 is 9.53 Å². The summed E-state index contributed by atoms with van der Waals surface area (Å²) in [6, 6.07) is 0.305. The van der Waals surface area contributed by atoms with E-state index < -0.39 is 5.60 Å². The molecule has 2 heterocycles. The lowest BCUT2D eigenvalue weighted by molar-refractivity contribution is -0.00373. The molecule has 1 fully saturated rings. The van der Waals surface area contributed by atoms with Crippen LogP contribution in [0, 0.1) is 0 Å². The van der Waals surface area contributed by atoms with Crippen LogP contribution in [0.2, 0.25) is 0 Å². The Kier molecular flexibility index (Phi) is 5.01. The Morgan fingerprint density at radius 3 is 2.64 bits per heavy atom. The molecule has 0 bridgehead atoms. The second kappa shape index (κ2) is 6.60. The van der Waals surface area contributed by atoms with Gasteiger partial charge in [-0.15, -0.1) is 0 Å². The summed E-state index contributed by atoms with van der Waals surface area (Å²) in [6.45, 7) is 12.1. The highest BCUT2D eigenvalue weighted by molar-refractivity contribution is 5.68. The first-order chi connectivity index (χ1) is 10.3. The van der Waals surface area contributed by atoms with Gasteiger partial charge in [0, 0.05) is 44.3 Å². The SMILES string of the molecule is C[C@H](c1cnccn1)N1CCN(C(=O)OC(C)(C)C)[C@@H](C)C1. The van der Waals surface area contributed by atoms with Crippen LogP contribution < -0.4 is 0 Å². The van der Waals surface area contributed by atoms with E-state index in [0.717, 1.165) is 18.8 Å². The summed E-state index contributed by atoms with van der Waals surface area (Å²) in [5.74, 6) is 0. The monoisotopic (exact) mass is 306 g/mol. The van der Waals surface area contributed by atoms with Crippen molar-refractivity contribution in [2.75, 3.05) is 19.6 Å². The molecule has 122 valence electrons. The molecule has 0 aromatic carbocycles. The molecule has 0 N–H and O–H groups in total. The van der Waals surface area contributed by atoms with Crippen molar-refractivity contribution >= 4 is 6.09 Å². The number of nitrogens with zero attached hydrogens (tertiary/aromatic N) is 4. The van der Waals surface area contributed by atoms with Crippen LogP contribution in [0.4, 0.5) is 4.79 Å². The zero-order valence-corrected chi connectivity index (χ0v) is 14.1. The first kappa shape index (κ1) is 16.7. The van der Waals surface area contributed by atoms with Gasteiger partial charge in [-0.2, -0.15) is 0 Å². The van der Waals surface area contributed by atoms with Crippen molar-refractivity contribution in [2.24, 2.45) is 0 Å². The molecule has 6 heteroatoms. The third-order valence-electron chi connectivity index (χ3n) is 3.85. The first-order valence-corrected chi connectivity index (χ1v) is 7.77. The average molecular weight is 306 g/mol. The van der Waals surface area contributed by atoms with Crippen LogP contribution in [0.15, 0.2) is 18.6 Å². The summed E-state index contributed by atoms with van der Waals surface area (Å²) in [5.41, 5.74) is 0.501. The molecule has 0 aliphatic carbocycles. The number of hydrogen-bond acceptors (Lipinski definition) is 5. The van der Waals surface area contributed by atoms with Gasteiger partial charge in [-0.3, -0.25) is 14.9 Å². The van der Waals surface area contributed by atoms with Gasteiger partial charge in [0.15, 0.2) is 0 Å². The maximum atomic E-state index is 12.2. The van der Waals surface area contributed by atoms with E-state index in [2.05, 4.69) is 28.7 Å². The molecular weight excluding hydrogens is 280 g/mol. The quantitative estimate of drug-likeness (QED) is 0.840. The van der Waals surface area contributed by atoms with Crippen molar-refractivity contribution in [2.45, 2.75) is 52.3 Å². The fourth-order valence-electron chi connectivity index (χ4n) is 2.64. The third-order valence-corrected chi connectivity index (χ3v) is 3.85. The van der Waals surface area contributed by atoms with Crippen LogP contribution in [0.25, 0.3) is 0 Å². The van der Waals surface area contributed by atoms with Crippen molar-refractivity contribution in [3.8, 4) is 0 Å². The molecular formula is C16H26N4O2. The van der Waals surface area contributed by atoms with Crippen LogP contribution in [0.1, 0.15) is 46.4 Å². The zero-order chi connectivity index (χ0) is 16.3. The van der Waals surface area contributed by atoms with Gasteiger partial charge in [0.05, 0.1) is 11.7 Å². The summed E-state index contributed by atoms with van der Waals surface area (Å²) in [5, 5.41) is 0. The lowest BCUT2D eigenvalue weighted by Crippen LogP contribution is -2.55. The maximum Gasteiger partial charge on any atom is 0.410 e. The Balaban J connectivity index is 1.96. The summed E-state index contributed by atoms with van der Waals surface area (Å²) >= 11 is 0. The highest BCUT2D eigenvalue weighted by Gasteiger charge is 2.32. The van der Waals surface area contributed by atoms with Gasteiger partial charge in [-0.05, 0) is 34.6 Å². The Hall–Kier alpha value is -1.69. The number of carbonyl (C=O) groups is 1. The Morgan fingerprint density at radius 1 is 1.36 bits per heavy atom. The molecule has 2 rings (SSSR count). The Labute approximate surface area is 132 Å². The summed E-state index contributed by atoms with van der Waals surface area (Å²) in [7, 11) is 0. The lowest BCUT2D eigenvalue weighted by Gasteiger charge is -2.42. The minimum absolute atomic E-state index is 0.114. The van der Waals surface area contributed by atoms with E-state index in [4.69, 9.17) is 4.74 Å². The smallest absolute Gasteiger partial charge is 0.410 e. The molecule has 2 atom stereocenters. The predicted octanol–water partition coefficient (Wildman–Crippen LogP) is 2.48. The molecule has 1 aliphatic heterocycles. The minimum atomic E-state index is -0.457. The van der Waals surface area contributed by atoms with E-state index in [1.54, 1.807) is 18.6 Å². The van der Waals surface area contributed by atoms with Gasteiger partial charge >= 0.3 is 6.09 Å². The second-order valence-electron chi connectivity index (χ2n) is 6.82. The van der Waals surface area contributed by atoms with Crippen molar-refractivity contribution in [1.82, 2.24) is 19.8 Å². The number of carbonyl (C=O) groups excluding carboxylic acids is 1. The first-order valence-electron chi connectivity index (χ1n) is 7.77.